The molecule has 0 unspecified atom stereocenters. The van der Waals surface area contributed by atoms with E-state index in [0.717, 1.165) is 30.6 Å². The van der Waals surface area contributed by atoms with Crippen LogP contribution < -0.4 is 10.2 Å². The van der Waals surface area contributed by atoms with Crippen LogP contribution in [0.4, 0.5) is 11.1 Å². The highest BCUT2D eigenvalue weighted by Crippen LogP contribution is 2.35. The number of nitrogens with one attached hydrogen (secondary N) is 1. The summed E-state index contributed by atoms with van der Waals surface area (Å²) in [4.78, 5) is 19.0. The molecule has 4 heterocycles. The van der Waals surface area contributed by atoms with E-state index in [1.165, 1.54) is 11.3 Å². The summed E-state index contributed by atoms with van der Waals surface area (Å²) in [6.45, 7) is 0.752. The molecule has 9 nitrogen and oxygen atoms in total. The second kappa shape index (κ2) is 8.40. The number of carbonyl (C=O) groups excluding carboxylic acids is 1. The van der Waals surface area contributed by atoms with E-state index in [9.17, 15) is 4.79 Å². The first-order chi connectivity index (χ1) is 15.2. The Morgan fingerprint density at radius 1 is 1.13 bits per heavy atom. The largest absolute Gasteiger partial charge is 0.399 e. The molecule has 156 valence electrons. The van der Waals surface area contributed by atoms with Crippen molar-refractivity contribution in [3.05, 3.63) is 65.3 Å². The molecule has 4 aromatic rings. The normalized spacial score (nSPS) is 15.9. The van der Waals surface area contributed by atoms with Crippen LogP contribution in [-0.2, 0) is 0 Å². The summed E-state index contributed by atoms with van der Waals surface area (Å²) in [7, 11) is 0. The van der Waals surface area contributed by atoms with E-state index in [1.54, 1.807) is 12.3 Å². The minimum atomic E-state index is -0.547. The van der Waals surface area contributed by atoms with Gasteiger partial charge in [0, 0.05) is 18.3 Å². The Bertz CT molecular complexity index is 1210. The quantitative estimate of drug-likeness (QED) is 0.478. The summed E-state index contributed by atoms with van der Waals surface area (Å²) in [5.41, 5.74) is 1.68. The van der Waals surface area contributed by atoms with Crippen LogP contribution in [0.15, 0.2) is 53.1 Å². The van der Waals surface area contributed by atoms with Crippen molar-refractivity contribution in [1.82, 2.24) is 25.4 Å². The molecule has 0 bridgehead atoms. The molecule has 0 saturated carbocycles. The van der Waals surface area contributed by atoms with Gasteiger partial charge in [0.2, 0.25) is 5.13 Å². The van der Waals surface area contributed by atoms with Crippen molar-refractivity contribution in [3.8, 4) is 10.6 Å². The molecule has 11 heteroatoms. The molecule has 3 aromatic heterocycles. The van der Waals surface area contributed by atoms with Crippen molar-refractivity contribution in [3.63, 3.8) is 0 Å². The summed E-state index contributed by atoms with van der Waals surface area (Å²) in [6.07, 6.45) is 3.66. The van der Waals surface area contributed by atoms with Gasteiger partial charge in [0.05, 0.1) is 16.8 Å². The lowest BCUT2D eigenvalue weighted by atomic mass is 10.1. The predicted octanol–water partition coefficient (Wildman–Crippen LogP) is 4.23. The van der Waals surface area contributed by atoms with Gasteiger partial charge in [0.1, 0.15) is 0 Å². The number of anilines is 2. The predicted molar refractivity (Wildman–Crippen MR) is 116 cm³/mol. The first-order valence-corrected chi connectivity index (χ1v) is 10.8. The average Bonchev–Trinajstić information content (AvgIpc) is 3.55. The first kappa shape index (κ1) is 19.6. The Kier molecular flexibility index (Phi) is 5.31. The lowest BCUT2D eigenvalue weighted by Crippen LogP contribution is -2.23. The standard InChI is InChI=1S/C20H16ClN7O2S/c21-13-7-2-1-6-12(13)18-25-26-19(31-18)23-16(29)17-24-27-20(30-17)28-11-5-9-15(28)14-8-3-4-10-22-14/h1-4,6-8,10,15H,5,9,11H2,(H,23,26,29)/t15-/m1/s1. The van der Waals surface area contributed by atoms with Crippen LogP contribution in [0.5, 0.6) is 0 Å². The molecular formula is C20H16ClN7O2S. The monoisotopic (exact) mass is 453 g/mol. The molecule has 1 saturated heterocycles. The Labute approximate surface area is 186 Å². The molecule has 0 aliphatic carbocycles. The summed E-state index contributed by atoms with van der Waals surface area (Å²) >= 11 is 7.41. The van der Waals surface area contributed by atoms with E-state index >= 15 is 0 Å². The van der Waals surface area contributed by atoms with Gasteiger partial charge in [-0.25, -0.2) is 0 Å². The number of halogens is 1. The fourth-order valence-electron chi connectivity index (χ4n) is 3.47. The fourth-order valence-corrected chi connectivity index (χ4v) is 4.53. The second-order valence-electron chi connectivity index (χ2n) is 6.84. The average molecular weight is 454 g/mol. The van der Waals surface area contributed by atoms with Crippen LogP contribution in [0.25, 0.3) is 10.6 Å². The molecule has 1 fully saturated rings. The van der Waals surface area contributed by atoms with Gasteiger partial charge in [-0.2, -0.15) is 0 Å². The summed E-state index contributed by atoms with van der Waals surface area (Å²) in [5, 5.41) is 20.2. The Morgan fingerprint density at radius 2 is 2.00 bits per heavy atom. The highest BCUT2D eigenvalue weighted by molar-refractivity contribution is 7.18. The molecule has 1 atom stereocenters. The number of benzene rings is 1. The maximum Gasteiger partial charge on any atom is 0.319 e. The van der Waals surface area contributed by atoms with Crippen LogP contribution in [-0.4, -0.2) is 37.8 Å². The molecule has 1 N–H and O–H groups in total. The number of aromatic nitrogens is 5. The number of pyridine rings is 1. The van der Waals surface area contributed by atoms with Crippen molar-refractivity contribution in [2.75, 3.05) is 16.8 Å². The van der Waals surface area contributed by atoms with Crippen molar-refractivity contribution in [2.24, 2.45) is 0 Å². The Hall–Kier alpha value is -3.37. The molecule has 1 aliphatic heterocycles. The van der Waals surface area contributed by atoms with Crippen molar-refractivity contribution < 1.29 is 9.21 Å². The molecular weight excluding hydrogens is 438 g/mol. The van der Waals surface area contributed by atoms with E-state index in [4.69, 9.17) is 16.0 Å². The zero-order valence-electron chi connectivity index (χ0n) is 16.1. The number of hydrogen-bond donors (Lipinski definition) is 1. The molecule has 0 radical (unpaired) electrons. The number of rotatable bonds is 5. The minimum absolute atomic E-state index is 0.0407. The van der Waals surface area contributed by atoms with E-state index in [-0.39, 0.29) is 11.9 Å². The van der Waals surface area contributed by atoms with Crippen LogP contribution in [0.3, 0.4) is 0 Å². The van der Waals surface area contributed by atoms with E-state index in [0.29, 0.717) is 21.2 Å². The fraction of sp³-hybridized carbons (Fsp3) is 0.200. The SMILES string of the molecule is O=C(Nc1nnc(-c2ccccc2Cl)s1)c1nnc(N2CCC[C@@H]2c2ccccn2)o1. The van der Waals surface area contributed by atoms with Crippen molar-refractivity contribution in [1.29, 1.82) is 0 Å². The lowest BCUT2D eigenvalue weighted by molar-refractivity contribution is 0.0990. The molecule has 1 amide bonds. The van der Waals surface area contributed by atoms with Gasteiger partial charge < -0.3 is 9.32 Å². The third-order valence-electron chi connectivity index (χ3n) is 4.89. The van der Waals surface area contributed by atoms with Gasteiger partial charge in [-0.05, 0) is 31.0 Å². The van der Waals surface area contributed by atoms with E-state index in [2.05, 4.69) is 30.7 Å². The molecule has 0 spiro atoms. The summed E-state index contributed by atoms with van der Waals surface area (Å²) in [6, 6.07) is 13.4. The topological polar surface area (TPSA) is 110 Å². The highest BCUT2D eigenvalue weighted by atomic mass is 35.5. The van der Waals surface area contributed by atoms with Crippen LogP contribution >= 0.6 is 22.9 Å². The molecule has 1 aliphatic rings. The van der Waals surface area contributed by atoms with E-state index in [1.807, 2.05) is 41.3 Å². The van der Waals surface area contributed by atoms with Gasteiger partial charge in [-0.15, -0.1) is 15.3 Å². The molecule has 5 rings (SSSR count). The third kappa shape index (κ3) is 3.99. The number of carbonyl (C=O) groups is 1. The van der Waals surface area contributed by atoms with Crippen molar-refractivity contribution in [2.45, 2.75) is 18.9 Å². The van der Waals surface area contributed by atoms with Crippen LogP contribution in [0.2, 0.25) is 5.02 Å². The number of hydrogen-bond acceptors (Lipinski definition) is 9. The maximum atomic E-state index is 12.6. The van der Waals surface area contributed by atoms with Crippen LogP contribution in [0.1, 0.15) is 35.3 Å². The van der Waals surface area contributed by atoms with E-state index < -0.39 is 5.91 Å². The lowest BCUT2D eigenvalue weighted by Gasteiger charge is -2.21. The van der Waals surface area contributed by atoms with Gasteiger partial charge in [-0.3, -0.25) is 15.1 Å². The first-order valence-electron chi connectivity index (χ1n) is 9.60. The van der Waals surface area contributed by atoms with Crippen molar-refractivity contribution >= 4 is 40.0 Å². The highest BCUT2D eigenvalue weighted by Gasteiger charge is 2.31. The molecule has 31 heavy (non-hydrogen) atoms. The zero-order chi connectivity index (χ0) is 21.2. The van der Waals surface area contributed by atoms with Gasteiger partial charge in [0.15, 0.2) is 5.01 Å². The molecule has 1 aromatic carbocycles. The second-order valence-corrected chi connectivity index (χ2v) is 8.23. The third-order valence-corrected chi connectivity index (χ3v) is 6.09. The van der Waals surface area contributed by atoms with Crippen LogP contribution in [0, 0.1) is 0 Å². The number of nitrogens with zero attached hydrogens (tertiary/aromatic N) is 6. The van der Waals surface area contributed by atoms with Gasteiger partial charge in [0.25, 0.3) is 0 Å². The smallest absolute Gasteiger partial charge is 0.319 e. The summed E-state index contributed by atoms with van der Waals surface area (Å²) in [5.74, 6) is -0.689. The Morgan fingerprint density at radius 3 is 2.84 bits per heavy atom. The minimum Gasteiger partial charge on any atom is -0.399 e. The zero-order valence-corrected chi connectivity index (χ0v) is 17.7. The number of amides is 1. The maximum absolute atomic E-state index is 12.6. The van der Waals surface area contributed by atoms with Gasteiger partial charge in [-0.1, -0.05) is 52.3 Å². The Balaban J connectivity index is 1.30. The van der Waals surface area contributed by atoms with Gasteiger partial charge >= 0.3 is 17.8 Å². The summed E-state index contributed by atoms with van der Waals surface area (Å²) < 4.78 is 5.66.